The number of aromatic nitrogens is 2. The van der Waals surface area contributed by atoms with Gasteiger partial charge in [0.15, 0.2) is 0 Å². The topological polar surface area (TPSA) is 9.86 Å². The average molecular weight is 633 g/mol. The molecular weight excluding hydrogens is 605 g/mol. The van der Waals surface area contributed by atoms with E-state index in [1.54, 1.807) is 0 Å². The molecule has 230 valence electrons. The van der Waals surface area contributed by atoms with Crippen molar-refractivity contribution in [2.75, 3.05) is 0 Å². The number of hydrogen-bond donors (Lipinski definition) is 0. The molecule has 50 heavy (non-hydrogen) atoms. The summed E-state index contributed by atoms with van der Waals surface area (Å²) >= 11 is 0. The standard InChI is InChI=1S/C48H28N2/c1-2-16-32-29(12-1)13-11-25-41(32)50-43-24-8-6-20-39(43)46-47(50)37-18-4-3-17-35(37)45-38-19-5-7-23-42(38)49(48(45)46)31-26-27-33-34-21-9-14-30-15-10-22-36(44(30)34)40(33)28-31/h1-28H. The van der Waals surface area contributed by atoms with Gasteiger partial charge in [-0.05, 0) is 74.1 Å². The lowest BCUT2D eigenvalue weighted by Crippen LogP contribution is -1.97. The average Bonchev–Trinajstić information content (AvgIpc) is 3.82. The van der Waals surface area contributed by atoms with Crippen molar-refractivity contribution in [2.45, 2.75) is 0 Å². The zero-order valence-electron chi connectivity index (χ0n) is 27.1. The number of benzene rings is 9. The molecule has 11 aromatic rings. The van der Waals surface area contributed by atoms with Crippen molar-refractivity contribution in [1.82, 2.24) is 9.13 Å². The minimum Gasteiger partial charge on any atom is -0.308 e. The molecule has 1 aliphatic carbocycles. The first-order valence-corrected chi connectivity index (χ1v) is 17.4. The molecule has 9 aromatic carbocycles. The minimum atomic E-state index is 1.18. The van der Waals surface area contributed by atoms with Crippen LogP contribution in [0, 0.1) is 0 Å². The van der Waals surface area contributed by atoms with E-state index in [0.29, 0.717) is 0 Å². The third kappa shape index (κ3) is 3.23. The van der Waals surface area contributed by atoms with Crippen LogP contribution in [-0.4, -0.2) is 9.13 Å². The lowest BCUT2D eigenvalue weighted by Gasteiger charge is -2.15. The quantitative estimate of drug-likeness (QED) is 0.179. The van der Waals surface area contributed by atoms with Crippen molar-refractivity contribution >= 4 is 75.9 Å². The molecule has 0 saturated carbocycles. The van der Waals surface area contributed by atoms with Crippen molar-refractivity contribution in [3.63, 3.8) is 0 Å². The van der Waals surface area contributed by atoms with E-state index in [1.807, 2.05) is 0 Å². The largest absolute Gasteiger partial charge is 0.308 e. The monoisotopic (exact) mass is 632 g/mol. The summed E-state index contributed by atoms with van der Waals surface area (Å²) in [7, 11) is 0. The number of fused-ring (bicyclic) bond motifs is 14. The van der Waals surface area contributed by atoms with Gasteiger partial charge in [0.1, 0.15) is 0 Å². The van der Waals surface area contributed by atoms with Gasteiger partial charge in [-0.3, -0.25) is 0 Å². The molecule has 0 unspecified atom stereocenters. The normalized spacial score (nSPS) is 12.4. The van der Waals surface area contributed by atoms with Gasteiger partial charge in [-0.2, -0.15) is 0 Å². The molecule has 2 heterocycles. The summed E-state index contributed by atoms with van der Waals surface area (Å²) in [5, 5.41) is 12.8. The van der Waals surface area contributed by atoms with Gasteiger partial charge in [0.05, 0.1) is 27.8 Å². The highest BCUT2D eigenvalue weighted by Gasteiger charge is 2.26. The molecule has 0 atom stereocenters. The minimum absolute atomic E-state index is 1.18. The Morgan fingerprint density at radius 3 is 1.68 bits per heavy atom. The molecular formula is C48H28N2. The van der Waals surface area contributed by atoms with Crippen LogP contribution in [0.3, 0.4) is 0 Å². The lowest BCUT2D eigenvalue weighted by molar-refractivity contribution is 1.19. The Balaban J connectivity index is 1.30. The second-order valence-corrected chi connectivity index (χ2v) is 13.6. The Bertz CT molecular complexity index is 3250. The van der Waals surface area contributed by atoms with Crippen LogP contribution in [0.25, 0.3) is 110 Å². The van der Waals surface area contributed by atoms with Crippen molar-refractivity contribution in [3.05, 3.63) is 170 Å². The Labute approximate surface area is 287 Å². The summed E-state index contributed by atoms with van der Waals surface area (Å²) in [5.41, 5.74) is 12.6. The van der Waals surface area contributed by atoms with E-state index in [9.17, 15) is 0 Å². The van der Waals surface area contributed by atoms with Crippen LogP contribution in [0.5, 0.6) is 0 Å². The number of hydrogen-bond acceptors (Lipinski definition) is 0. The van der Waals surface area contributed by atoms with Crippen LogP contribution < -0.4 is 0 Å². The van der Waals surface area contributed by atoms with Crippen molar-refractivity contribution in [1.29, 1.82) is 0 Å². The summed E-state index contributed by atoms with van der Waals surface area (Å²) in [6, 6.07) is 62.9. The highest BCUT2D eigenvalue weighted by molar-refractivity contribution is 6.37. The number of para-hydroxylation sites is 2. The molecule has 2 heteroatoms. The van der Waals surface area contributed by atoms with Gasteiger partial charge in [0.2, 0.25) is 0 Å². The molecule has 2 aromatic heterocycles. The van der Waals surface area contributed by atoms with E-state index in [2.05, 4.69) is 179 Å². The van der Waals surface area contributed by atoms with Crippen molar-refractivity contribution in [2.24, 2.45) is 0 Å². The maximum atomic E-state index is 2.54. The zero-order valence-corrected chi connectivity index (χ0v) is 27.1. The Hall–Kier alpha value is -6.64. The summed E-state index contributed by atoms with van der Waals surface area (Å²) < 4.78 is 5.07. The summed E-state index contributed by atoms with van der Waals surface area (Å²) in [4.78, 5) is 0. The maximum absolute atomic E-state index is 2.54. The first-order chi connectivity index (χ1) is 24.8. The van der Waals surface area contributed by atoms with Crippen LogP contribution in [0.15, 0.2) is 170 Å². The fourth-order valence-electron chi connectivity index (χ4n) is 9.23. The molecule has 0 amide bonds. The second kappa shape index (κ2) is 9.49. The van der Waals surface area contributed by atoms with E-state index in [1.165, 1.54) is 110 Å². The molecule has 12 rings (SSSR count). The molecule has 0 saturated heterocycles. The Kier molecular flexibility index (Phi) is 5.00. The molecule has 2 nitrogen and oxygen atoms in total. The van der Waals surface area contributed by atoms with E-state index >= 15 is 0 Å². The lowest BCUT2D eigenvalue weighted by atomic mass is 9.99. The van der Waals surface area contributed by atoms with E-state index in [-0.39, 0.29) is 0 Å². The molecule has 1 aliphatic rings. The van der Waals surface area contributed by atoms with E-state index in [0.717, 1.165) is 0 Å². The van der Waals surface area contributed by atoms with Crippen LogP contribution >= 0.6 is 0 Å². The number of rotatable bonds is 2. The summed E-state index contributed by atoms with van der Waals surface area (Å²) in [6.45, 7) is 0. The first-order valence-electron chi connectivity index (χ1n) is 17.4. The number of nitrogens with zero attached hydrogens (tertiary/aromatic N) is 2. The molecule has 0 radical (unpaired) electrons. The van der Waals surface area contributed by atoms with Crippen LogP contribution in [0.4, 0.5) is 0 Å². The van der Waals surface area contributed by atoms with Gasteiger partial charge < -0.3 is 9.13 Å². The Morgan fingerprint density at radius 2 is 0.880 bits per heavy atom. The van der Waals surface area contributed by atoms with Gasteiger partial charge in [-0.25, -0.2) is 0 Å². The van der Waals surface area contributed by atoms with Gasteiger partial charge >= 0.3 is 0 Å². The second-order valence-electron chi connectivity index (χ2n) is 13.6. The van der Waals surface area contributed by atoms with E-state index in [4.69, 9.17) is 0 Å². The predicted octanol–water partition coefficient (Wildman–Crippen LogP) is 13.0. The molecule has 0 spiro atoms. The molecule has 0 N–H and O–H groups in total. The fraction of sp³-hybridized carbons (Fsp3) is 0. The SMILES string of the molecule is c1ccc2c(-n3c4ccccc4c4c3c3ccccc3c3c5ccccc5n(-c5ccc6c(c5)-c5cccc7cccc-6c57)c34)cccc2c1. The van der Waals surface area contributed by atoms with Crippen molar-refractivity contribution in [3.8, 4) is 33.6 Å². The highest BCUT2D eigenvalue weighted by atomic mass is 15.0. The van der Waals surface area contributed by atoms with Gasteiger partial charge in [0, 0.05) is 38.0 Å². The zero-order chi connectivity index (χ0) is 32.5. The summed E-state index contributed by atoms with van der Waals surface area (Å²) in [6.07, 6.45) is 0. The van der Waals surface area contributed by atoms with Gasteiger partial charge in [-0.15, -0.1) is 0 Å². The molecule has 0 aliphatic heterocycles. The Morgan fingerprint density at radius 1 is 0.300 bits per heavy atom. The molecule has 0 fully saturated rings. The fourth-order valence-corrected chi connectivity index (χ4v) is 9.23. The predicted molar refractivity (Wildman–Crippen MR) is 212 cm³/mol. The summed E-state index contributed by atoms with van der Waals surface area (Å²) in [5.74, 6) is 0. The smallest absolute Gasteiger partial charge is 0.0647 e. The van der Waals surface area contributed by atoms with Crippen LogP contribution in [0.1, 0.15) is 0 Å². The van der Waals surface area contributed by atoms with E-state index < -0.39 is 0 Å². The van der Waals surface area contributed by atoms with Gasteiger partial charge in [0.25, 0.3) is 0 Å². The van der Waals surface area contributed by atoms with Crippen LogP contribution in [0.2, 0.25) is 0 Å². The third-order valence-corrected chi connectivity index (χ3v) is 11.2. The van der Waals surface area contributed by atoms with Gasteiger partial charge in [-0.1, -0.05) is 140 Å². The first kappa shape index (κ1) is 26.3. The highest BCUT2D eigenvalue weighted by Crippen LogP contribution is 2.50. The van der Waals surface area contributed by atoms with Crippen LogP contribution in [-0.2, 0) is 0 Å². The maximum Gasteiger partial charge on any atom is 0.0647 e. The van der Waals surface area contributed by atoms with Crippen molar-refractivity contribution < 1.29 is 0 Å². The third-order valence-electron chi connectivity index (χ3n) is 11.2. The molecule has 0 bridgehead atoms.